The molecule has 0 aromatic heterocycles. The summed E-state index contributed by atoms with van der Waals surface area (Å²) in [6, 6.07) is 23.1. The lowest BCUT2D eigenvalue weighted by atomic mass is 10.2. The van der Waals surface area contributed by atoms with Crippen molar-refractivity contribution in [2.45, 2.75) is 0 Å². The molecule has 0 unspecified atom stereocenters. The average Bonchev–Trinajstić information content (AvgIpc) is 2.73. The van der Waals surface area contributed by atoms with Gasteiger partial charge < -0.3 is 9.47 Å². The summed E-state index contributed by atoms with van der Waals surface area (Å²) in [5, 5.41) is 14.7. The third kappa shape index (κ3) is 5.84. The molecule has 0 bridgehead atoms. The van der Waals surface area contributed by atoms with Crippen molar-refractivity contribution in [2.24, 2.45) is 5.10 Å². The van der Waals surface area contributed by atoms with Gasteiger partial charge in [0, 0.05) is 12.1 Å². The number of para-hydroxylation sites is 1. The highest BCUT2D eigenvalue weighted by Crippen LogP contribution is 2.15. The smallest absolute Gasteiger partial charge is 0.269 e. The Bertz CT molecular complexity index is 911. The Balaban J connectivity index is 1.42. The summed E-state index contributed by atoms with van der Waals surface area (Å²) < 4.78 is 11.2. The van der Waals surface area contributed by atoms with Crippen molar-refractivity contribution in [3.05, 3.63) is 94.5 Å². The molecule has 7 nitrogen and oxygen atoms in total. The van der Waals surface area contributed by atoms with Gasteiger partial charge in [0.25, 0.3) is 5.69 Å². The quantitative estimate of drug-likeness (QED) is 0.257. The molecule has 142 valence electrons. The van der Waals surface area contributed by atoms with Gasteiger partial charge in [-0.15, -0.1) is 0 Å². The number of hydrogen-bond acceptors (Lipinski definition) is 6. The number of nitrogens with zero attached hydrogens (tertiary/aromatic N) is 2. The predicted octanol–water partition coefficient (Wildman–Crippen LogP) is 4.50. The van der Waals surface area contributed by atoms with E-state index in [-0.39, 0.29) is 5.69 Å². The number of anilines is 1. The molecule has 0 aliphatic rings. The van der Waals surface area contributed by atoms with Crippen molar-refractivity contribution in [1.82, 2.24) is 0 Å². The molecule has 0 amide bonds. The second-order valence-corrected chi connectivity index (χ2v) is 5.75. The molecule has 1 N–H and O–H groups in total. The summed E-state index contributed by atoms with van der Waals surface area (Å²) in [7, 11) is 0. The van der Waals surface area contributed by atoms with Crippen LogP contribution in [0, 0.1) is 10.1 Å². The third-order valence-electron chi connectivity index (χ3n) is 3.73. The first-order valence-electron chi connectivity index (χ1n) is 8.65. The Hall–Kier alpha value is -3.87. The largest absolute Gasteiger partial charge is 0.490 e. The van der Waals surface area contributed by atoms with Crippen LogP contribution in [0.15, 0.2) is 84.0 Å². The van der Waals surface area contributed by atoms with E-state index in [9.17, 15) is 10.1 Å². The van der Waals surface area contributed by atoms with Crippen molar-refractivity contribution >= 4 is 17.6 Å². The van der Waals surface area contributed by atoms with Gasteiger partial charge in [-0.1, -0.05) is 18.2 Å². The molecule has 7 heteroatoms. The van der Waals surface area contributed by atoms with E-state index in [0.29, 0.717) is 18.9 Å². The van der Waals surface area contributed by atoms with Crippen LogP contribution in [0.3, 0.4) is 0 Å². The molecular weight excluding hydrogens is 358 g/mol. The Morgan fingerprint density at radius 3 is 2.07 bits per heavy atom. The minimum absolute atomic E-state index is 0.0410. The summed E-state index contributed by atoms with van der Waals surface area (Å²) in [5.74, 6) is 1.57. The molecule has 0 atom stereocenters. The Morgan fingerprint density at radius 2 is 1.46 bits per heavy atom. The van der Waals surface area contributed by atoms with E-state index in [1.165, 1.54) is 12.1 Å². The van der Waals surface area contributed by atoms with E-state index in [4.69, 9.17) is 9.47 Å². The van der Waals surface area contributed by atoms with Crippen molar-refractivity contribution in [3.63, 3.8) is 0 Å². The van der Waals surface area contributed by atoms with Gasteiger partial charge >= 0.3 is 0 Å². The van der Waals surface area contributed by atoms with Crippen LogP contribution in [0.5, 0.6) is 11.5 Å². The van der Waals surface area contributed by atoms with E-state index in [2.05, 4.69) is 10.5 Å². The zero-order valence-electron chi connectivity index (χ0n) is 15.0. The summed E-state index contributed by atoms with van der Waals surface area (Å²) in [6.45, 7) is 0.913. The minimum atomic E-state index is -0.440. The minimum Gasteiger partial charge on any atom is -0.490 e. The monoisotopic (exact) mass is 377 g/mol. The number of non-ortho nitro benzene ring substituents is 1. The van der Waals surface area contributed by atoms with E-state index in [1.807, 2.05) is 54.6 Å². The van der Waals surface area contributed by atoms with E-state index >= 15 is 0 Å². The van der Waals surface area contributed by atoms with Gasteiger partial charge in [-0.3, -0.25) is 15.5 Å². The number of ether oxygens (including phenoxy) is 2. The van der Waals surface area contributed by atoms with Crippen molar-refractivity contribution in [3.8, 4) is 11.5 Å². The van der Waals surface area contributed by atoms with E-state index in [1.54, 1.807) is 18.3 Å². The van der Waals surface area contributed by atoms with E-state index in [0.717, 1.165) is 17.1 Å². The summed E-state index contributed by atoms with van der Waals surface area (Å²) >= 11 is 0. The lowest BCUT2D eigenvalue weighted by molar-refractivity contribution is -0.384. The van der Waals surface area contributed by atoms with Gasteiger partial charge in [-0.2, -0.15) is 5.10 Å². The molecule has 0 aliphatic heterocycles. The third-order valence-corrected chi connectivity index (χ3v) is 3.73. The number of nitro groups is 1. The maximum Gasteiger partial charge on any atom is 0.269 e. The zero-order valence-corrected chi connectivity index (χ0v) is 15.0. The number of nitro benzene ring substituents is 1. The number of nitrogens with one attached hydrogen (secondary N) is 1. The Kier molecular flexibility index (Phi) is 6.57. The summed E-state index contributed by atoms with van der Waals surface area (Å²) in [6.07, 6.45) is 1.66. The molecule has 0 saturated carbocycles. The van der Waals surface area contributed by atoms with Gasteiger partial charge in [0.1, 0.15) is 24.7 Å². The number of hydrazone groups is 1. The molecule has 0 heterocycles. The zero-order chi connectivity index (χ0) is 19.6. The van der Waals surface area contributed by atoms with Gasteiger partial charge in [0.15, 0.2) is 0 Å². The first-order chi connectivity index (χ1) is 13.7. The van der Waals surface area contributed by atoms with Crippen LogP contribution >= 0.6 is 0 Å². The van der Waals surface area contributed by atoms with Crippen LogP contribution in [-0.4, -0.2) is 24.4 Å². The average molecular weight is 377 g/mol. The van der Waals surface area contributed by atoms with Crippen molar-refractivity contribution in [1.29, 1.82) is 0 Å². The SMILES string of the molecule is O=[N+]([O-])c1ccc(N/N=C/c2ccc(OCCOc3ccccc3)cc2)cc1. The topological polar surface area (TPSA) is 86.0 Å². The number of rotatable bonds is 9. The first kappa shape index (κ1) is 18.9. The maximum atomic E-state index is 10.6. The standard InChI is InChI=1S/C21H19N3O4/c25-24(26)19-10-8-18(9-11-19)23-22-16-17-6-12-21(13-7-17)28-15-14-27-20-4-2-1-3-5-20/h1-13,16,23H,14-15H2/b22-16+. The Labute approximate surface area is 162 Å². The molecule has 3 rings (SSSR count). The fraction of sp³-hybridized carbons (Fsp3) is 0.0952. The van der Waals surface area contributed by atoms with Crippen LogP contribution in [0.4, 0.5) is 11.4 Å². The second-order valence-electron chi connectivity index (χ2n) is 5.75. The highest BCUT2D eigenvalue weighted by Gasteiger charge is 2.02. The van der Waals surface area contributed by atoms with Crippen LogP contribution in [0.2, 0.25) is 0 Å². The summed E-state index contributed by atoms with van der Waals surface area (Å²) in [4.78, 5) is 10.2. The number of hydrogen-bond donors (Lipinski definition) is 1. The van der Waals surface area contributed by atoms with Crippen LogP contribution in [0.25, 0.3) is 0 Å². The molecule has 0 spiro atoms. The fourth-order valence-corrected chi connectivity index (χ4v) is 2.32. The van der Waals surface area contributed by atoms with Gasteiger partial charge in [-0.05, 0) is 54.1 Å². The molecule has 0 aliphatic carbocycles. The number of benzene rings is 3. The maximum absolute atomic E-state index is 10.6. The Morgan fingerprint density at radius 1 is 0.857 bits per heavy atom. The molecular formula is C21H19N3O4. The van der Waals surface area contributed by atoms with Crippen LogP contribution in [0.1, 0.15) is 5.56 Å². The molecule has 3 aromatic rings. The van der Waals surface area contributed by atoms with E-state index < -0.39 is 4.92 Å². The van der Waals surface area contributed by atoms with Crippen LogP contribution < -0.4 is 14.9 Å². The first-order valence-corrected chi connectivity index (χ1v) is 8.65. The lowest BCUT2D eigenvalue weighted by Crippen LogP contribution is -2.08. The second kappa shape index (κ2) is 9.72. The molecule has 28 heavy (non-hydrogen) atoms. The molecule has 0 saturated heterocycles. The van der Waals surface area contributed by atoms with Gasteiger partial charge in [-0.25, -0.2) is 0 Å². The van der Waals surface area contributed by atoms with Crippen molar-refractivity contribution < 1.29 is 14.4 Å². The molecule has 3 aromatic carbocycles. The van der Waals surface area contributed by atoms with Gasteiger partial charge in [0.2, 0.25) is 0 Å². The lowest BCUT2D eigenvalue weighted by Gasteiger charge is -2.08. The highest BCUT2D eigenvalue weighted by atomic mass is 16.6. The fourth-order valence-electron chi connectivity index (χ4n) is 2.32. The predicted molar refractivity (Wildman–Crippen MR) is 108 cm³/mol. The molecule has 0 radical (unpaired) electrons. The molecule has 0 fully saturated rings. The normalized spacial score (nSPS) is 10.6. The van der Waals surface area contributed by atoms with Crippen LogP contribution in [-0.2, 0) is 0 Å². The highest BCUT2D eigenvalue weighted by molar-refractivity contribution is 5.80. The van der Waals surface area contributed by atoms with Gasteiger partial charge in [0.05, 0.1) is 16.8 Å². The summed E-state index contributed by atoms with van der Waals surface area (Å²) in [5.41, 5.74) is 4.43. The van der Waals surface area contributed by atoms with Crippen molar-refractivity contribution in [2.75, 3.05) is 18.6 Å².